The fourth-order valence-corrected chi connectivity index (χ4v) is 4.20. The van der Waals surface area contributed by atoms with Gasteiger partial charge in [0.2, 0.25) is 0 Å². The minimum Gasteiger partial charge on any atom is -0.508 e. The Hall–Kier alpha value is -2.53. The number of carbonyl (C=O) groups excluding carboxylic acids is 1. The molecule has 0 heterocycles. The molecule has 34 heavy (non-hydrogen) atoms. The normalized spacial score (nSPS) is 15.3. The average molecular weight is 471 g/mol. The molecule has 0 aliphatic heterocycles. The van der Waals surface area contributed by atoms with Gasteiger partial charge in [-0.1, -0.05) is 38.1 Å². The molecule has 4 atom stereocenters. The van der Waals surface area contributed by atoms with Crippen LogP contribution in [0.3, 0.4) is 0 Å². The topological polar surface area (TPSA) is 65.0 Å². The molecule has 0 saturated carbocycles. The van der Waals surface area contributed by atoms with Crippen LogP contribution in [0.5, 0.6) is 11.5 Å². The molecule has 1 N–H and O–H groups in total. The fraction of sp³-hybridized carbons (Fsp3) is 0.552. The standard InChI is InChI=1S/C29H42O5/c1-8-22(23-10-14-26(30)15-11-23)19-25(18-20(3)28(31)34-29(5,6)7)24-12-16-27(17-13-24)33-21(4)32-9-2/h10-17,20-22,25,30H,8-9,18-19H2,1-7H3. The molecule has 0 spiro atoms. The van der Waals surface area contributed by atoms with Crippen molar-refractivity contribution in [3.63, 3.8) is 0 Å². The minimum atomic E-state index is -0.505. The van der Waals surface area contributed by atoms with Gasteiger partial charge in [-0.05, 0) is 101 Å². The Labute approximate surface area is 205 Å². The van der Waals surface area contributed by atoms with Crippen LogP contribution in [0.25, 0.3) is 0 Å². The molecule has 0 saturated heterocycles. The van der Waals surface area contributed by atoms with Gasteiger partial charge in [-0.3, -0.25) is 4.79 Å². The summed E-state index contributed by atoms with van der Waals surface area (Å²) in [5, 5.41) is 9.69. The molecule has 0 bridgehead atoms. The highest BCUT2D eigenvalue weighted by Gasteiger charge is 2.27. The van der Waals surface area contributed by atoms with Crippen molar-refractivity contribution < 1.29 is 24.1 Å². The highest BCUT2D eigenvalue weighted by atomic mass is 16.7. The van der Waals surface area contributed by atoms with Crippen LogP contribution >= 0.6 is 0 Å². The Bertz CT molecular complexity index is 867. The summed E-state index contributed by atoms with van der Waals surface area (Å²) in [5.74, 6) is 1.11. The summed E-state index contributed by atoms with van der Waals surface area (Å²) in [6.07, 6.45) is 2.25. The van der Waals surface area contributed by atoms with Crippen molar-refractivity contribution in [2.75, 3.05) is 6.61 Å². The lowest BCUT2D eigenvalue weighted by Gasteiger charge is -2.28. The van der Waals surface area contributed by atoms with Gasteiger partial charge in [0.05, 0.1) is 5.92 Å². The second-order valence-electron chi connectivity index (χ2n) is 10.0. The zero-order valence-corrected chi connectivity index (χ0v) is 21.8. The molecule has 2 rings (SSSR count). The molecular formula is C29H42O5. The molecule has 5 nitrogen and oxygen atoms in total. The number of rotatable bonds is 12. The van der Waals surface area contributed by atoms with Crippen LogP contribution in [0.2, 0.25) is 0 Å². The first kappa shape index (κ1) is 27.7. The van der Waals surface area contributed by atoms with E-state index in [-0.39, 0.29) is 29.8 Å². The number of ether oxygens (including phenoxy) is 3. The number of hydrogen-bond acceptors (Lipinski definition) is 5. The van der Waals surface area contributed by atoms with E-state index in [1.54, 1.807) is 12.1 Å². The van der Waals surface area contributed by atoms with Gasteiger partial charge in [0.15, 0.2) is 6.29 Å². The second kappa shape index (κ2) is 12.8. The molecule has 4 unspecified atom stereocenters. The van der Waals surface area contributed by atoms with E-state index in [1.165, 1.54) is 11.1 Å². The molecule has 0 fully saturated rings. The highest BCUT2D eigenvalue weighted by molar-refractivity contribution is 5.72. The third-order valence-electron chi connectivity index (χ3n) is 5.93. The summed E-state index contributed by atoms with van der Waals surface area (Å²) in [7, 11) is 0. The summed E-state index contributed by atoms with van der Waals surface area (Å²) in [6.45, 7) is 14.2. The van der Waals surface area contributed by atoms with E-state index in [4.69, 9.17) is 14.2 Å². The van der Waals surface area contributed by atoms with Crippen molar-refractivity contribution >= 4 is 5.97 Å². The van der Waals surface area contributed by atoms with Crippen LogP contribution < -0.4 is 4.74 Å². The lowest BCUT2D eigenvalue weighted by Crippen LogP contribution is -2.28. The molecule has 0 aliphatic carbocycles. The largest absolute Gasteiger partial charge is 0.508 e. The monoisotopic (exact) mass is 470 g/mol. The SMILES string of the molecule is CCOC(C)Oc1ccc(C(CC(C)C(=O)OC(C)(C)C)CC(CC)c2ccc(O)cc2)cc1. The molecule has 0 radical (unpaired) electrons. The van der Waals surface area contributed by atoms with E-state index in [0.717, 1.165) is 18.6 Å². The van der Waals surface area contributed by atoms with Gasteiger partial charge in [0, 0.05) is 6.61 Å². The van der Waals surface area contributed by atoms with Crippen LogP contribution in [0.4, 0.5) is 0 Å². The van der Waals surface area contributed by atoms with Gasteiger partial charge in [-0.15, -0.1) is 0 Å². The smallest absolute Gasteiger partial charge is 0.309 e. The van der Waals surface area contributed by atoms with Gasteiger partial charge in [0.25, 0.3) is 0 Å². The van der Waals surface area contributed by atoms with E-state index in [9.17, 15) is 9.90 Å². The van der Waals surface area contributed by atoms with Crippen LogP contribution in [-0.4, -0.2) is 29.6 Å². The van der Waals surface area contributed by atoms with Crippen molar-refractivity contribution in [3.8, 4) is 11.5 Å². The summed E-state index contributed by atoms with van der Waals surface area (Å²) in [6, 6.07) is 15.6. The zero-order valence-electron chi connectivity index (χ0n) is 21.8. The van der Waals surface area contributed by atoms with E-state index in [0.29, 0.717) is 18.9 Å². The minimum absolute atomic E-state index is 0.166. The maximum absolute atomic E-state index is 12.7. The number of phenolic OH excluding ortho intramolecular Hbond substituents is 1. The molecule has 2 aromatic carbocycles. The number of benzene rings is 2. The first-order valence-corrected chi connectivity index (χ1v) is 12.4. The van der Waals surface area contributed by atoms with E-state index >= 15 is 0 Å². The Kier molecular flexibility index (Phi) is 10.4. The average Bonchev–Trinajstić information content (AvgIpc) is 2.77. The first-order valence-electron chi connectivity index (χ1n) is 12.4. The predicted octanol–water partition coefficient (Wildman–Crippen LogP) is 7.19. The van der Waals surface area contributed by atoms with Crippen molar-refractivity contribution in [2.24, 2.45) is 5.92 Å². The van der Waals surface area contributed by atoms with E-state index < -0.39 is 5.60 Å². The summed E-state index contributed by atoms with van der Waals surface area (Å²) < 4.78 is 17.0. The molecule has 2 aromatic rings. The van der Waals surface area contributed by atoms with Crippen molar-refractivity contribution in [1.82, 2.24) is 0 Å². The predicted molar refractivity (Wildman–Crippen MR) is 136 cm³/mol. The summed E-state index contributed by atoms with van der Waals surface area (Å²) >= 11 is 0. The maximum atomic E-state index is 12.7. The zero-order chi connectivity index (χ0) is 25.3. The van der Waals surface area contributed by atoms with Crippen LogP contribution in [0.1, 0.15) is 90.7 Å². The lowest BCUT2D eigenvalue weighted by molar-refractivity contribution is -0.159. The van der Waals surface area contributed by atoms with E-state index in [1.807, 2.05) is 65.8 Å². The lowest BCUT2D eigenvalue weighted by atomic mass is 9.79. The quantitative estimate of drug-likeness (QED) is 0.263. The number of hydrogen-bond donors (Lipinski definition) is 1. The van der Waals surface area contributed by atoms with Gasteiger partial charge in [-0.2, -0.15) is 0 Å². The molecule has 5 heteroatoms. The Morgan fingerprint density at radius 2 is 1.44 bits per heavy atom. The third-order valence-corrected chi connectivity index (χ3v) is 5.93. The summed E-state index contributed by atoms with van der Waals surface area (Å²) in [5.41, 5.74) is 1.86. The fourth-order valence-electron chi connectivity index (χ4n) is 4.20. The molecule has 0 aliphatic rings. The van der Waals surface area contributed by atoms with Gasteiger partial charge in [-0.25, -0.2) is 0 Å². The van der Waals surface area contributed by atoms with Gasteiger partial charge in [0.1, 0.15) is 17.1 Å². The van der Waals surface area contributed by atoms with Crippen molar-refractivity contribution in [3.05, 3.63) is 59.7 Å². The molecule has 188 valence electrons. The van der Waals surface area contributed by atoms with Crippen LogP contribution in [0, 0.1) is 5.92 Å². The van der Waals surface area contributed by atoms with Crippen LogP contribution in [0.15, 0.2) is 48.5 Å². The van der Waals surface area contributed by atoms with Gasteiger partial charge < -0.3 is 19.3 Å². The third kappa shape index (κ3) is 9.02. The van der Waals surface area contributed by atoms with Crippen molar-refractivity contribution in [2.45, 2.75) is 91.5 Å². The Morgan fingerprint density at radius 1 is 0.882 bits per heavy atom. The highest BCUT2D eigenvalue weighted by Crippen LogP contribution is 2.37. The Morgan fingerprint density at radius 3 is 1.97 bits per heavy atom. The number of carbonyl (C=O) groups is 1. The molecule has 0 aromatic heterocycles. The number of phenols is 1. The maximum Gasteiger partial charge on any atom is 0.309 e. The van der Waals surface area contributed by atoms with E-state index in [2.05, 4.69) is 19.1 Å². The molecule has 0 amide bonds. The first-order chi connectivity index (χ1) is 16.0. The number of aromatic hydroxyl groups is 1. The second-order valence-corrected chi connectivity index (χ2v) is 10.0. The van der Waals surface area contributed by atoms with Gasteiger partial charge >= 0.3 is 5.97 Å². The number of esters is 1. The molecular weight excluding hydrogens is 428 g/mol. The Balaban J connectivity index is 2.25. The van der Waals surface area contributed by atoms with Crippen LogP contribution in [-0.2, 0) is 14.3 Å². The van der Waals surface area contributed by atoms with Crippen molar-refractivity contribution in [1.29, 1.82) is 0 Å². The summed E-state index contributed by atoms with van der Waals surface area (Å²) in [4.78, 5) is 12.7.